The number of ether oxygens (including phenoxy) is 3. The maximum atomic E-state index is 12.7. The summed E-state index contributed by atoms with van der Waals surface area (Å²) < 4.78 is 107. The van der Waals surface area contributed by atoms with Crippen molar-refractivity contribution in [1.82, 2.24) is 4.72 Å². The summed E-state index contributed by atoms with van der Waals surface area (Å²) in [5, 5.41) is 9.01. The van der Waals surface area contributed by atoms with Crippen LogP contribution < -0.4 is 18.4 Å². The van der Waals surface area contributed by atoms with Crippen LogP contribution in [0.15, 0.2) is 41.3 Å². The molecule has 2 rings (SSSR count). The van der Waals surface area contributed by atoms with Gasteiger partial charge >= 0.3 is 15.6 Å². The van der Waals surface area contributed by atoms with Gasteiger partial charge < -0.3 is 18.4 Å². The van der Waals surface area contributed by atoms with Crippen LogP contribution >= 0.6 is 0 Å². The van der Waals surface area contributed by atoms with E-state index in [0.29, 0.717) is 5.56 Å². The van der Waals surface area contributed by atoms with Crippen molar-refractivity contribution in [2.45, 2.75) is 16.8 Å². The van der Waals surface area contributed by atoms with Gasteiger partial charge in [-0.15, -0.1) is 0 Å². The third kappa shape index (κ3) is 6.73. The molecule has 1 N–H and O–H groups in total. The number of nitriles is 1. The van der Waals surface area contributed by atoms with Crippen LogP contribution in [-0.2, 0) is 31.3 Å². The number of halogens is 3. The molecule has 0 amide bonds. The predicted octanol–water partition coefficient (Wildman–Crippen LogP) is 2.30. The highest BCUT2D eigenvalue weighted by molar-refractivity contribution is 7.89. The summed E-state index contributed by atoms with van der Waals surface area (Å²) in [7, 11) is -7.45. The molecule has 0 heterocycles. The first-order valence-electron chi connectivity index (χ1n) is 9.18. The molecule has 0 aliphatic carbocycles. The molecule has 0 radical (unpaired) electrons. The first-order chi connectivity index (χ1) is 15.8. The maximum Gasteiger partial charge on any atom is 0.534 e. The summed E-state index contributed by atoms with van der Waals surface area (Å²) in [6.07, 6.45) is -0.00909. The van der Waals surface area contributed by atoms with E-state index in [0.717, 1.165) is 18.2 Å². The van der Waals surface area contributed by atoms with Crippen LogP contribution in [0.3, 0.4) is 0 Å². The molecule has 34 heavy (non-hydrogen) atoms. The molecule has 0 fully saturated rings. The number of sulfonamides is 1. The Labute approximate surface area is 194 Å². The van der Waals surface area contributed by atoms with Gasteiger partial charge in [-0.2, -0.15) is 26.9 Å². The van der Waals surface area contributed by atoms with Gasteiger partial charge in [-0.25, -0.2) is 13.1 Å². The van der Waals surface area contributed by atoms with Crippen LogP contribution in [-0.4, -0.2) is 49.9 Å². The molecule has 2 aromatic rings. The highest BCUT2D eigenvalue weighted by atomic mass is 32.2. The molecule has 0 atom stereocenters. The van der Waals surface area contributed by atoms with Gasteiger partial charge in [0.15, 0.2) is 6.79 Å². The third-order valence-electron chi connectivity index (χ3n) is 4.13. The molecule has 186 valence electrons. The minimum atomic E-state index is -5.89. The molecule has 0 aliphatic heterocycles. The fourth-order valence-corrected chi connectivity index (χ4v) is 4.25. The van der Waals surface area contributed by atoms with E-state index in [9.17, 15) is 30.0 Å². The Balaban J connectivity index is 2.23. The smallest absolute Gasteiger partial charge is 0.495 e. The number of nitrogens with one attached hydrogen (secondary N) is 1. The zero-order valence-electron chi connectivity index (χ0n) is 17.7. The third-order valence-corrected chi connectivity index (χ3v) is 6.59. The minimum absolute atomic E-state index is 0.00909. The molecule has 0 saturated carbocycles. The predicted molar refractivity (Wildman–Crippen MR) is 111 cm³/mol. The number of rotatable bonds is 11. The number of hydrogen-bond donors (Lipinski definition) is 1. The van der Waals surface area contributed by atoms with Crippen molar-refractivity contribution in [1.29, 1.82) is 5.26 Å². The van der Waals surface area contributed by atoms with E-state index >= 15 is 0 Å². The Hall–Kier alpha value is -3.06. The van der Waals surface area contributed by atoms with Gasteiger partial charge in [0.25, 0.3) is 0 Å². The number of hydrogen-bond acceptors (Lipinski definition) is 9. The monoisotopic (exact) mass is 524 g/mol. The average Bonchev–Trinajstić information content (AvgIpc) is 2.77. The van der Waals surface area contributed by atoms with E-state index in [1.165, 1.54) is 32.4 Å². The Kier molecular flexibility index (Phi) is 8.72. The zero-order chi connectivity index (χ0) is 25.6. The van der Waals surface area contributed by atoms with Crippen molar-refractivity contribution in [2.24, 2.45) is 0 Å². The maximum absolute atomic E-state index is 12.7. The van der Waals surface area contributed by atoms with Crippen LogP contribution in [0.4, 0.5) is 13.2 Å². The van der Waals surface area contributed by atoms with Crippen molar-refractivity contribution < 1.29 is 48.4 Å². The van der Waals surface area contributed by atoms with Crippen LogP contribution in [0.25, 0.3) is 0 Å². The SMILES string of the molecule is COCOc1cc(OS(=O)(=O)C(F)(F)F)ccc1CCNS(=O)(=O)c1cc(C#N)ccc1OC. The fourth-order valence-electron chi connectivity index (χ4n) is 2.58. The van der Waals surface area contributed by atoms with Crippen LogP contribution in [0.5, 0.6) is 17.2 Å². The van der Waals surface area contributed by atoms with E-state index in [4.69, 9.17) is 19.5 Å². The van der Waals surface area contributed by atoms with Crippen molar-refractivity contribution >= 4 is 20.1 Å². The van der Waals surface area contributed by atoms with Gasteiger partial charge in [-0.3, -0.25) is 0 Å². The summed E-state index contributed by atoms with van der Waals surface area (Å²) in [4.78, 5) is -0.258. The Morgan fingerprint density at radius 3 is 2.32 bits per heavy atom. The Morgan fingerprint density at radius 1 is 1.03 bits per heavy atom. The van der Waals surface area contributed by atoms with E-state index in [2.05, 4.69) is 8.91 Å². The van der Waals surface area contributed by atoms with E-state index in [-0.39, 0.29) is 41.7 Å². The van der Waals surface area contributed by atoms with Crippen molar-refractivity contribution in [2.75, 3.05) is 27.6 Å². The molecule has 15 heteroatoms. The van der Waals surface area contributed by atoms with Gasteiger partial charge in [0.1, 0.15) is 22.1 Å². The van der Waals surface area contributed by atoms with E-state index in [1.807, 2.05) is 6.07 Å². The lowest BCUT2D eigenvalue weighted by atomic mass is 10.1. The molecule has 0 aromatic heterocycles. The largest absolute Gasteiger partial charge is 0.534 e. The minimum Gasteiger partial charge on any atom is -0.495 e. The lowest BCUT2D eigenvalue weighted by Gasteiger charge is -2.15. The lowest BCUT2D eigenvalue weighted by molar-refractivity contribution is -0.0500. The molecule has 2 aromatic carbocycles. The normalized spacial score (nSPS) is 12.1. The van der Waals surface area contributed by atoms with Crippen LogP contribution in [0, 0.1) is 11.3 Å². The quantitative estimate of drug-likeness (QED) is 0.266. The fraction of sp³-hybridized carbons (Fsp3) is 0.316. The molecule has 0 aliphatic rings. The van der Waals surface area contributed by atoms with Gasteiger partial charge in [0, 0.05) is 19.7 Å². The first-order valence-corrected chi connectivity index (χ1v) is 12.1. The average molecular weight is 524 g/mol. The van der Waals surface area contributed by atoms with Gasteiger partial charge in [-0.1, -0.05) is 6.07 Å². The van der Waals surface area contributed by atoms with Crippen LogP contribution in [0.2, 0.25) is 0 Å². The lowest BCUT2D eigenvalue weighted by Crippen LogP contribution is -2.28. The summed E-state index contributed by atoms with van der Waals surface area (Å²) >= 11 is 0. The summed E-state index contributed by atoms with van der Waals surface area (Å²) in [5.41, 5.74) is -5.21. The Bertz CT molecular complexity index is 1270. The summed E-state index contributed by atoms with van der Waals surface area (Å²) in [6.45, 7) is -0.515. The number of benzene rings is 2. The van der Waals surface area contributed by atoms with E-state index < -0.39 is 31.4 Å². The van der Waals surface area contributed by atoms with Gasteiger partial charge in [0.05, 0.1) is 18.7 Å². The second kappa shape index (κ2) is 10.9. The number of nitrogens with zero attached hydrogens (tertiary/aromatic N) is 1. The van der Waals surface area contributed by atoms with Gasteiger partial charge in [-0.05, 0) is 36.2 Å². The molecular weight excluding hydrogens is 505 g/mol. The van der Waals surface area contributed by atoms with Crippen molar-refractivity contribution in [3.63, 3.8) is 0 Å². The molecule has 0 spiro atoms. The van der Waals surface area contributed by atoms with E-state index in [1.54, 1.807) is 0 Å². The molecule has 0 saturated heterocycles. The van der Waals surface area contributed by atoms with Crippen LogP contribution in [0.1, 0.15) is 11.1 Å². The summed E-state index contributed by atoms with van der Waals surface area (Å²) in [6, 6.07) is 8.78. The number of alkyl halides is 3. The second-order valence-electron chi connectivity index (χ2n) is 6.43. The zero-order valence-corrected chi connectivity index (χ0v) is 19.4. The molecule has 0 unspecified atom stereocenters. The first kappa shape index (κ1) is 27.2. The van der Waals surface area contributed by atoms with Crippen molar-refractivity contribution in [3.05, 3.63) is 47.5 Å². The van der Waals surface area contributed by atoms with Gasteiger partial charge in [0.2, 0.25) is 10.0 Å². The highest BCUT2D eigenvalue weighted by Gasteiger charge is 2.48. The number of methoxy groups -OCH3 is 2. The standard InChI is InChI=1S/C19H19F3N2O8S2/c1-29-12-31-17-10-15(32-34(27,28)19(20,21)22)5-4-14(17)7-8-24-33(25,26)18-9-13(11-23)3-6-16(18)30-2/h3-6,9-10,24H,7-8,12H2,1-2H3. The molecular formula is C19H19F3N2O8S2. The summed E-state index contributed by atoms with van der Waals surface area (Å²) in [5.74, 6) is -0.728. The molecule has 10 nitrogen and oxygen atoms in total. The molecule has 0 bridgehead atoms. The topological polar surface area (TPSA) is 141 Å². The second-order valence-corrected chi connectivity index (χ2v) is 9.70. The Morgan fingerprint density at radius 2 is 1.74 bits per heavy atom. The highest BCUT2D eigenvalue weighted by Crippen LogP contribution is 2.31. The van der Waals surface area contributed by atoms with Crippen molar-refractivity contribution in [3.8, 4) is 23.3 Å².